The quantitative estimate of drug-likeness (QED) is 0.341. The van der Waals surface area contributed by atoms with Crippen LogP contribution in [0.1, 0.15) is 115 Å². The van der Waals surface area contributed by atoms with Crippen LogP contribution in [-0.2, 0) is 4.74 Å². The smallest absolute Gasteiger partial charge is 0.219 e. The lowest BCUT2D eigenvalue weighted by atomic mass is 9.67. The number of aromatic nitrogens is 1. The van der Waals surface area contributed by atoms with Crippen molar-refractivity contribution in [3.8, 4) is 17.4 Å². The summed E-state index contributed by atoms with van der Waals surface area (Å²) in [5, 5.41) is 11.4. The van der Waals surface area contributed by atoms with Gasteiger partial charge in [0.25, 0.3) is 0 Å². The topological polar surface area (TPSA) is 63.9 Å². The number of hydrogen-bond donors (Lipinski definition) is 1. The van der Waals surface area contributed by atoms with E-state index >= 15 is 0 Å². The van der Waals surface area contributed by atoms with Gasteiger partial charge in [0.2, 0.25) is 11.8 Å². The number of fused-ring (bicyclic) bond motifs is 1. The third-order valence-electron chi connectivity index (χ3n) is 9.69. The van der Waals surface area contributed by atoms with Gasteiger partial charge in [0.1, 0.15) is 28.7 Å². The average Bonchev–Trinajstić information content (AvgIpc) is 3.34. The Labute approximate surface area is 245 Å². The molecule has 2 aliphatic carbocycles. The minimum absolute atomic E-state index is 0.0180. The largest absolute Gasteiger partial charge is 0.506 e. The zero-order valence-corrected chi connectivity index (χ0v) is 25.5. The molecular formula is C36H46N2O3. The van der Waals surface area contributed by atoms with E-state index in [0.717, 1.165) is 28.2 Å². The predicted molar refractivity (Wildman–Crippen MR) is 166 cm³/mol. The van der Waals surface area contributed by atoms with Gasteiger partial charge in [-0.15, -0.1) is 0 Å². The Kier molecular flexibility index (Phi) is 7.50. The first kappa shape index (κ1) is 28.1. The summed E-state index contributed by atoms with van der Waals surface area (Å²) in [6.07, 6.45) is 12.6. The Morgan fingerprint density at radius 3 is 2.32 bits per heavy atom. The Balaban J connectivity index is 1.39. The lowest BCUT2D eigenvalue weighted by Crippen LogP contribution is -2.49. The summed E-state index contributed by atoms with van der Waals surface area (Å²) in [7, 11) is 0. The number of rotatable bonds is 5. The molecule has 2 heterocycles. The molecule has 2 atom stereocenters. The Morgan fingerprint density at radius 2 is 1.61 bits per heavy atom. The fraction of sp³-hybridized carbons (Fsp3) is 0.556. The second-order valence-electron chi connectivity index (χ2n) is 14.1. The number of ether oxygens (including phenoxy) is 2. The van der Waals surface area contributed by atoms with Gasteiger partial charge in [0.05, 0.1) is 0 Å². The molecule has 2 saturated carbocycles. The molecule has 1 aromatic heterocycles. The van der Waals surface area contributed by atoms with Crippen molar-refractivity contribution in [2.75, 3.05) is 0 Å². The van der Waals surface area contributed by atoms with E-state index < -0.39 is 0 Å². The number of phenols is 1. The minimum atomic E-state index is -0.245. The number of aryl methyl sites for hydroxylation is 1. The van der Waals surface area contributed by atoms with Crippen LogP contribution >= 0.6 is 0 Å². The highest BCUT2D eigenvalue weighted by atomic mass is 16.5. The zero-order valence-electron chi connectivity index (χ0n) is 25.5. The number of phenolic OH excluding ortho intramolecular Hbond substituents is 1. The molecule has 6 rings (SSSR count). The standard InChI is InChI=1S/C36H46N2O3/c1-23-18-25-16-17-31(37-32(25)30(39)19-23)40-29-21-26(24-12-8-6-9-13-24)20-27(22-29)33-38-36(5,28-14-10-7-11-15-28)34(41-33)35(2,3)4/h16-22,24,28,34,39H,6-15H2,1-5H3/t34-,36-/m0/s1. The number of nitrogens with zero attached hydrogens (tertiary/aromatic N) is 2. The molecule has 1 N–H and O–H groups in total. The first-order valence-electron chi connectivity index (χ1n) is 15.8. The SMILES string of the molecule is Cc1cc(O)c2nc(Oc3cc(C4=N[C@@](C)(C5CCCCC5)[C@H](C(C)(C)C)O4)cc(C4CCCCC4)c3)ccc2c1. The third kappa shape index (κ3) is 5.69. The highest BCUT2D eigenvalue weighted by Gasteiger charge is 2.52. The lowest BCUT2D eigenvalue weighted by Gasteiger charge is -2.42. The van der Waals surface area contributed by atoms with Crippen LogP contribution in [0.25, 0.3) is 10.9 Å². The second kappa shape index (κ2) is 11.0. The van der Waals surface area contributed by atoms with Gasteiger partial charge in [-0.3, -0.25) is 0 Å². The zero-order chi connectivity index (χ0) is 28.8. The normalized spacial score (nSPS) is 24.3. The van der Waals surface area contributed by atoms with E-state index in [4.69, 9.17) is 14.5 Å². The van der Waals surface area contributed by atoms with Crippen molar-refractivity contribution < 1.29 is 14.6 Å². The molecule has 5 nitrogen and oxygen atoms in total. The average molecular weight is 555 g/mol. The van der Waals surface area contributed by atoms with Gasteiger partial charge in [0, 0.05) is 22.4 Å². The van der Waals surface area contributed by atoms with Gasteiger partial charge in [-0.1, -0.05) is 59.3 Å². The fourth-order valence-corrected chi connectivity index (χ4v) is 7.71. The summed E-state index contributed by atoms with van der Waals surface area (Å²) >= 11 is 0. The number of pyridine rings is 1. The van der Waals surface area contributed by atoms with Gasteiger partial charge in [-0.25, -0.2) is 9.98 Å². The number of aromatic hydroxyl groups is 1. The summed E-state index contributed by atoms with van der Waals surface area (Å²) in [6, 6.07) is 14.2. The first-order chi connectivity index (χ1) is 19.6. The maximum Gasteiger partial charge on any atom is 0.219 e. The van der Waals surface area contributed by atoms with E-state index in [1.165, 1.54) is 69.8 Å². The van der Waals surface area contributed by atoms with E-state index in [9.17, 15) is 5.11 Å². The minimum Gasteiger partial charge on any atom is -0.506 e. The lowest BCUT2D eigenvalue weighted by molar-refractivity contribution is 0.00843. The van der Waals surface area contributed by atoms with Crippen LogP contribution in [0.15, 0.2) is 47.5 Å². The van der Waals surface area contributed by atoms with Crippen LogP contribution in [0.3, 0.4) is 0 Å². The first-order valence-corrected chi connectivity index (χ1v) is 15.8. The molecule has 2 aromatic carbocycles. The fourth-order valence-electron chi connectivity index (χ4n) is 7.71. The molecule has 0 radical (unpaired) electrons. The van der Waals surface area contributed by atoms with Crippen molar-refractivity contribution in [1.29, 1.82) is 0 Å². The Morgan fingerprint density at radius 1 is 0.902 bits per heavy atom. The van der Waals surface area contributed by atoms with E-state index in [0.29, 0.717) is 23.2 Å². The van der Waals surface area contributed by atoms with Crippen LogP contribution in [0, 0.1) is 18.3 Å². The van der Waals surface area contributed by atoms with Gasteiger partial charge in [-0.2, -0.15) is 0 Å². The molecule has 1 aliphatic heterocycles. The molecule has 5 heteroatoms. The van der Waals surface area contributed by atoms with E-state index in [1.54, 1.807) is 6.07 Å². The predicted octanol–water partition coefficient (Wildman–Crippen LogP) is 9.62. The third-order valence-corrected chi connectivity index (χ3v) is 9.69. The van der Waals surface area contributed by atoms with Crippen molar-refractivity contribution in [3.05, 3.63) is 59.2 Å². The van der Waals surface area contributed by atoms with E-state index in [1.807, 2.05) is 25.1 Å². The van der Waals surface area contributed by atoms with Crippen LogP contribution in [0.2, 0.25) is 0 Å². The van der Waals surface area contributed by atoms with Crippen LogP contribution < -0.4 is 4.74 Å². The molecule has 0 unspecified atom stereocenters. The van der Waals surface area contributed by atoms with Crippen LogP contribution in [0.5, 0.6) is 17.4 Å². The van der Waals surface area contributed by atoms with Crippen LogP contribution in [-0.4, -0.2) is 27.6 Å². The summed E-state index contributed by atoms with van der Waals surface area (Å²) in [5.41, 5.74) is 3.56. The summed E-state index contributed by atoms with van der Waals surface area (Å²) in [5.74, 6) is 3.18. The number of aliphatic imine (C=N–C) groups is 1. The molecule has 0 amide bonds. The summed E-state index contributed by atoms with van der Waals surface area (Å²) < 4.78 is 13.3. The highest BCUT2D eigenvalue weighted by molar-refractivity contribution is 5.96. The molecule has 218 valence electrons. The van der Waals surface area contributed by atoms with E-state index in [-0.39, 0.29) is 22.8 Å². The number of benzene rings is 2. The highest BCUT2D eigenvalue weighted by Crippen LogP contribution is 2.48. The van der Waals surface area contributed by atoms with Crippen molar-refractivity contribution in [2.45, 2.75) is 116 Å². The van der Waals surface area contributed by atoms with Gasteiger partial charge in [-0.05, 0) is 98.9 Å². The monoisotopic (exact) mass is 554 g/mol. The van der Waals surface area contributed by atoms with E-state index in [2.05, 4.69) is 50.9 Å². The second-order valence-corrected chi connectivity index (χ2v) is 14.1. The summed E-state index contributed by atoms with van der Waals surface area (Å²) in [6.45, 7) is 11.2. The molecule has 2 fully saturated rings. The van der Waals surface area contributed by atoms with Crippen molar-refractivity contribution in [3.63, 3.8) is 0 Å². The molecule has 0 spiro atoms. The molecular weight excluding hydrogens is 508 g/mol. The summed E-state index contributed by atoms with van der Waals surface area (Å²) in [4.78, 5) is 10.1. The van der Waals surface area contributed by atoms with Gasteiger partial charge in [0.15, 0.2) is 0 Å². The molecule has 3 aliphatic rings. The molecule has 3 aromatic rings. The molecule has 41 heavy (non-hydrogen) atoms. The Hall–Kier alpha value is -3.08. The number of hydrogen-bond acceptors (Lipinski definition) is 5. The van der Waals surface area contributed by atoms with Crippen LogP contribution in [0.4, 0.5) is 0 Å². The Bertz CT molecular complexity index is 1440. The van der Waals surface area contributed by atoms with Crippen molar-refractivity contribution in [2.24, 2.45) is 16.3 Å². The maximum absolute atomic E-state index is 10.5. The maximum atomic E-state index is 10.5. The van der Waals surface area contributed by atoms with Crippen molar-refractivity contribution in [1.82, 2.24) is 4.98 Å². The van der Waals surface area contributed by atoms with Gasteiger partial charge < -0.3 is 14.6 Å². The van der Waals surface area contributed by atoms with Crippen molar-refractivity contribution >= 4 is 16.8 Å². The van der Waals surface area contributed by atoms with Gasteiger partial charge >= 0.3 is 0 Å². The molecule has 0 saturated heterocycles. The molecule has 0 bridgehead atoms.